The number of amides is 1. The lowest BCUT2D eigenvalue weighted by Gasteiger charge is -2.10. The van der Waals surface area contributed by atoms with Crippen molar-refractivity contribution in [2.24, 2.45) is 0 Å². The summed E-state index contributed by atoms with van der Waals surface area (Å²) < 4.78 is 36.2. The van der Waals surface area contributed by atoms with Crippen molar-refractivity contribution in [1.82, 2.24) is 0 Å². The lowest BCUT2D eigenvalue weighted by Crippen LogP contribution is -2.08. The molecule has 0 fully saturated rings. The molecule has 0 bridgehead atoms. The van der Waals surface area contributed by atoms with Gasteiger partial charge in [0.15, 0.2) is 23.1 Å². The van der Waals surface area contributed by atoms with Crippen molar-refractivity contribution in [2.75, 3.05) is 19.5 Å². The molecule has 2 aromatic rings. The van der Waals surface area contributed by atoms with Gasteiger partial charge in [0.05, 0.1) is 19.2 Å². The van der Waals surface area contributed by atoms with Crippen molar-refractivity contribution in [3.8, 4) is 11.5 Å². The van der Waals surface area contributed by atoms with Crippen LogP contribution in [0, 0.1) is 11.6 Å². The Bertz CT molecular complexity index is 794. The third-order valence-corrected chi connectivity index (χ3v) is 3.35. The lowest BCUT2D eigenvalue weighted by atomic mass is 10.2. The van der Waals surface area contributed by atoms with Gasteiger partial charge in [0.2, 0.25) is 5.91 Å². The molecule has 0 aliphatic rings. The van der Waals surface area contributed by atoms with Crippen LogP contribution in [0.4, 0.5) is 14.5 Å². The summed E-state index contributed by atoms with van der Waals surface area (Å²) in [5.41, 5.74) is 0.756. The van der Waals surface area contributed by atoms with E-state index in [1.807, 2.05) is 0 Å². The second-order valence-corrected chi connectivity index (χ2v) is 5.10. The van der Waals surface area contributed by atoms with Crippen LogP contribution in [0.25, 0.3) is 6.08 Å². The number of hydrogen-bond donors (Lipinski definition) is 1. The van der Waals surface area contributed by atoms with Gasteiger partial charge < -0.3 is 14.8 Å². The monoisotopic (exact) mass is 353 g/mol. The van der Waals surface area contributed by atoms with E-state index in [0.717, 1.165) is 12.1 Å². The smallest absolute Gasteiger partial charge is 0.248 e. The Kier molecular flexibility index (Phi) is 5.76. The summed E-state index contributed by atoms with van der Waals surface area (Å²) in [6.07, 6.45) is 2.74. The molecular formula is C17H14ClF2NO3. The third kappa shape index (κ3) is 4.23. The van der Waals surface area contributed by atoms with Gasteiger partial charge >= 0.3 is 0 Å². The predicted molar refractivity (Wildman–Crippen MR) is 88.6 cm³/mol. The van der Waals surface area contributed by atoms with Crippen LogP contribution in [0.5, 0.6) is 11.5 Å². The summed E-state index contributed by atoms with van der Waals surface area (Å²) in [6, 6.07) is 6.34. The number of carbonyl (C=O) groups is 1. The molecule has 0 aliphatic carbocycles. The van der Waals surface area contributed by atoms with Gasteiger partial charge in [0, 0.05) is 17.8 Å². The lowest BCUT2D eigenvalue weighted by molar-refractivity contribution is -0.111. The van der Waals surface area contributed by atoms with Gasteiger partial charge in [-0.05, 0) is 35.9 Å². The fourth-order valence-electron chi connectivity index (χ4n) is 1.96. The Morgan fingerprint density at radius 3 is 2.50 bits per heavy atom. The number of benzene rings is 2. The molecule has 0 spiro atoms. The second-order valence-electron chi connectivity index (χ2n) is 4.69. The van der Waals surface area contributed by atoms with E-state index in [-0.39, 0.29) is 5.69 Å². The zero-order valence-corrected chi connectivity index (χ0v) is 13.7. The first kappa shape index (κ1) is 17.7. The SMILES string of the molecule is COc1cc(/C=C/C(=O)Nc2ccc(F)c(F)c2)cc(Cl)c1OC. The molecule has 2 rings (SSSR count). The highest BCUT2D eigenvalue weighted by Crippen LogP contribution is 2.36. The molecule has 0 aromatic heterocycles. The molecule has 1 amide bonds. The third-order valence-electron chi connectivity index (χ3n) is 3.07. The summed E-state index contributed by atoms with van der Waals surface area (Å²) in [4.78, 5) is 11.8. The Morgan fingerprint density at radius 2 is 1.88 bits per heavy atom. The highest BCUT2D eigenvalue weighted by Gasteiger charge is 2.10. The van der Waals surface area contributed by atoms with Crippen molar-refractivity contribution in [3.05, 3.63) is 58.6 Å². The normalized spacial score (nSPS) is 10.7. The maximum atomic E-state index is 13.1. The van der Waals surface area contributed by atoms with E-state index in [1.165, 1.54) is 32.4 Å². The molecule has 0 heterocycles. The molecule has 1 N–H and O–H groups in total. The largest absolute Gasteiger partial charge is 0.493 e. The molecule has 0 saturated heterocycles. The van der Waals surface area contributed by atoms with Gasteiger partial charge in [0.25, 0.3) is 0 Å². The van der Waals surface area contributed by atoms with Gasteiger partial charge in [-0.15, -0.1) is 0 Å². The van der Waals surface area contributed by atoms with Crippen LogP contribution in [-0.4, -0.2) is 20.1 Å². The summed E-state index contributed by atoms with van der Waals surface area (Å²) >= 11 is 6.07. The maximum absolute atomic E-state index is 13.1. The summed E-state index contributed by atoms with van der Waals surface area (Å²) in [5.74, 6) is -1.72. The summed E-state index contributed by atoms with van der Waals surface area (Å²) in [7, 11) is 2.94. The zero-order valence-electron chi connectivity index (χ0n) is 12.9. The number of hydrogen-bond acceptors (Lipinski definition) is 3. The van der Waals surface area contributed by atoms with Crippen LogP contribution in [-0.2, 0) is 4.79 Å². The summed E-state index contributed by atoms with van der Waals surface area (Å²) in [5, 5.41) is 2.76. The number of halogens is 3. The minimum Gasteiger partial charge on any atom is -0.493 e. The van der Waals surface area contributed by atoms with Gasteiger partial charge in [0.1, 0.15) is 0 Å². The quantitative estimate of drug-likeness (QED) is 0.816. The molecule has 0 saturated carbocycles. The van der Waals surface area contributed by atoms with Crippen LogP contribution >= 0.6 is 11.6 Å². The zero-order chi connectivity index (χ0) is 17.7. The molecule has 0 atom stereocenters. The molecule has 0 radical (unpaired) electrons. The average molecular weight is 354 g/mol. The molecule has 24 heavy (non-hydrogen) atoms. The Labute approximate surface area is 142 Å². The Morgan fingerprint density at radius 1 is 1.12 bits per heavy atom. The van der Waals surface area contributed by atoms with Gasteiger partial charge in [-0.3, -0.25) is 4.79 Å². The number of ether oxygens (including phenoxy) is 2. The molecule has 0 unspecified atom stereocenters. The Balaban J connectivity index is 2.13. The average Bonchev–Trinajstić information content (AvgIpc) is 2.55. The van der Waals surface area contributed by atoms with E-state index in [1.54, 1.807) is 12.1 Å². The number of anilines is 1. The van der Waals surface area contributed by atoms with Crippen LogP contribution in [0.3, 0.4) is 0 Å². The van der Waals surface area contributed by atoms with E-state index >= 15 is 0 Å². The van der Waals surface area contributed by atoms with E-state index < -0.39 is 17.5 Å². The van der Waals surface area contributed by atoms with Crippen LogP contribution in [0.2, 0.25) is 5.02 Å². The van der Waals surface area contributed by atoms with Crippen LogP contribution in [0.1, 0.15) is 5.56 Å². The fourth-order valence-corrected chi connectivity index (χ4v) is 2.26. The van der Waals surface area contributed by atoms with E-state index in [0.29, 0.717) is 22.1 Å². The van der Waals surface area contributed by atoms with Crippen molar-refractivity contribution in [1.29, 1.82) is 0 Å². The standard InChI is InChI=1S/C17H14ClF2NO3/c1-23-15-8-10(7-12(18)17(15)24-2)3-6-16(22)21-11-4-5-13(19)14(20)9-11/h3-9H,1-2H3,(H,21,22)/b6-3+. The first-order valence-electron chi connectivity index (χ1n) is 6.80. The number of nitrogens with one attached hydrogen (secondary N) is 1. The van der Waals surface area contributed by atoms with Gasteiger partial charge in [-0.1, -0.05) is 11.6 Å². The maximum Gasteiger partial charge on any atom is 0.248 e. The van der Waals surface area contributed by atoms with Crippen LogP contribution in [0.15, 0.2) is 36.4 Å². The van der Waals surface area contributed by atoms with Crippen molar-refractivity contribution in [3.63, 3.8) is 0 Å². The molecule has 7 heteroatoms. The Hall–Kier alpha value is -2.60. The highest BCUT2D eigenvalue weighted by molar-refractivity contribution is 6.32. The first-order chi connectivity index (χ1) is 11.4. The van der Waals surface area contributed by atoms with E-state index in [9.17, 15) is 13.6 Å². The van der Waals surface area contributed by atoms with E-state index in [4.69, 9.17) is 21.1 Å². The number of methoxy groups -OCH3 is 2. The number of rotatable bonds is 5. The number of carbonyl (C=O) groups excluding carboxylic acids is 1. The molecule has 4 nitrogen and oxygen atoms in total. The first-order valence-corrected chi connectivity index (χ1v) is 7.18. The molecular weight excluding hydrogens is 340 g/mol. The molecule has 0 aliphatic heterocycles. The highest BCUT2D eigenvalue weighted by atomic mass is 35.5. The van der Waals surface area contributed by atoms with Crippen molar-refractivity contribution in [2.45, 2.75) is 0 Å². The minimum absolute atomic E-state index is 0.147. The fraction of sp³-hybridized carbons (Fsp3) is 0.118. The van der Waals surface area contributed by atoms with E-state index in [2.05, 4.69) is 5.32 Å². The second kappa shape index (κ2) is 7.79. The predicted octanol–water partition coefficient (Wildman–Crippen LogP) is 4.29. The summed E-state index contributed by atoms with van der Waals surface area (Å²) in [6.45, 7) is 0. The molecule has 126 valence electrons. The van der Waals surface area contributed by atoms with Gasteiger partial charge in [-0.25, -0.2) is 8.78 Å². The topological polar surface area (TPSA) is 47.6 Å². The van der Waals surface area contributed by atoms with Crippen molar-refractivity contribution < 1.29 is 23.0 Å². The van der Waals surface area contributed by atoms with Gasteiger partial charge in [-0.2, -0.15) is 0 Å². The van der Waals surface area contributed by atoms with Crippen LogP contribution < -0.4 is 14.8 Å². The van der Waals surface area contributed by atoms with Crippen molar-refractivity contribution >= 4 is 29.3 Å². The molecule has 2 aromatic carbocycles. The minimum atomic E-state index is -1.04.